The summed E-state index contributed by atoms with van der Waals surface area (Å²) in [6, 6.07) is 5.65. The lowest BCUT2D eigenvalue weighted by Gasteiger charge is -2.07. The summed E-state index contributed by atoms with van der Waals surface area (Å²) in [5, 5.41) is 2.44. The Hall–Kier alpha value is -2.04. The normalized spacial score (nSPS) is 10.7. The molecule has 0 amide bonds. The molecule has 0 spiro atoms. The summed E-state index contributed by atoms with van der Waals surface area (Å²) in [7, 11) is 1.52. The van der Waals surface area contributed by atoms with Crippen LogP contribution >= 0.6 is 0 Å². The Morgan fingerprint density at radius 1 is 1.12 bits per heavy atom. The lowest BCUT2D eigenvalue weighted by molar-refractivity contribution is 0.722. The van der Waals surface area contributed by atoms with E-state index in [0.717, 1.165) is 15.7 Å². The first-order chi connectivity index (χ1) is 7.52. The van der Waals surface area contributed by atoms with Gasteiger partial charge in [0.2, 0.25) is 0 Å². The fraction of sp³-hybridized carbons (Fsp3) is 0.273. The largest absolute Gasteiger partial charge is 0.351 e. The number of aromatic nitrogens is 3. The molecule has 0 fully saturated rings. The van der Waals surface area contributed by atoms with Gasteiger partial charge >= 0.3 is 11.4 Å². The highest BCUT2D eigenvalue weighted by Crippen LogP contribution is 2.14. The maximum Gasteiger partial charge on any atom is 0.351 e. The van der Waals surface area contributed by atoms with Gasteiger partial charge in [-0.25, -0.2) is 23.9 Å². The predicted molar refractivity (Wildman–Crippen MR) is 61.1 cm³/mol. The van der Waals surface area contributed by atoms with Crippen LogP contribution in [0, 0.1) is 13.8 Å². The lowest BCUT2D eigenvalue weighted by Crippen LogP contribution is -2.27. The van der Waals surface area contributed by atoms with E-state index >= 15 is 0 Å². The van der Waals surface area contributed by atoms with Gasteiger partial charge in [-0.3, -0.25) is 0 Å². The third kappa shape index (κ3) is 1.41. The fourth-order valence-corrected chi connectivity index (χ4v) is 1.83. The number of benzene rings is 1. The standard InChI is InChI=1S/C11H13N3O2/c1-7-5-4-6-8(2)9(7)14-10(15)12-13(3)11(14)16/h4-6H,1-3H3,(H,12,15). The van der Waals surface area contributed by atoms with Crippen LogP contribution < -0.4 is 11.4 Å². The van der Waals surface area contributed by atoms with Crippen molar-refractivity contribution in [3.05, 3.63) is 50.3 Å². The van der Waals surface area contributed by atoms with Gasteiger partial charge in [-0.15, -0.1) is 0 Å². The summed E-state index contributed by atoms with van der Waals surface area (Å²) in [5.74, 6) is 0. The number of para-hydroxylation sites is 1. The van der Waals surface area contributed by atoms with Crippen molar-refractivity contribution in [3.63, 3.8) is 0 Å². The molecule has 16 heavy (non-hydrogen) atoms. The molecule has 2 rings (SSSR count). The second-order valence-corrected chi connectivity index (χ2v) is 3.83. The number of hydrogen-bond donors (Lipinski definition) is 1. The lowest BCUT2D eigenvalue weighted by atomic mass is 10.1. The molecule has 0 radical (unpaired) electrons. The van der Waals surface area contributed by atoms with E-state index in [4.69, 9.17) is 0 Å². The minimum absolute atomic E-state index is 0.359. The van der Waals surface area contributed by atoms with Crippen molar-refractivity contribution in [1.82, 2.24) is 14.3 Å². The van der Waals surface area contributed by atoms with E-state index in [9.17, 15) is 9.59 Å². The number of hydrogen-bond acceptors (Lipinski definition) is 2. The molecule has 1 aromatic carbocycles. The second kappa shape index (κ2) is 3.52. The van der Waals surface area contributed by atoms with Crippen molar-refractivity contribution in [1.29, 1.82) is 0 Å². The highest BCUT2D eigenvalue weighted by Gasteiger charge is 2.12. The number of H-pyrrole nitrogens is 1. The van der Waals surface area contributed by atoms with E-state index in [0.29, 0.717) is 5.69 Å². The number of nitrogens with one attached hydrogen (secondary N) is 1. The first-order valence-electron chi connectivity index (χ1n) is 4.97. The zero-order chi connectivity index (χ0) is 11.9. The zero-order valence-corrected chi connectivity index (χ0v) is 9.44. The quantitative estimate of drug-likeness (QED) is 0.758. The first-order valence-corrected chi connectivity index (χ1v) is 4.97. The van der Waals surface area contributed by atoms with E-state index in [1.807, 2.05) is 32.0 Å². The molecule has 84 valence electrons. The third-order valence-electron chi connectivity index (χ3n) is 2.61. The molecule has 0 atom stereocenters. The number of aryl methyl sites for hydroxylation is 3. The van der Waals surface area contributed by atoms with Crippen molar-refractivity contribution >= 4 is 0 Å². The summed E-state index contributed by atoms with van der Waals surface area (Å²) in [5.41, 5.74) is 1.69. The maximum absolute atomic E-state index is 11.8. The molecule has 1 N–H and O–H groups in total. The van der Waals surface area contributed by atoms with Crippen molar-refractivity contribution in [2.24, 2.45) is 7.05 Å². The summed E-state index contributed by atoms with van der Waals surface area (Å²) < 4.78 is 2.33. The van der Waals surface area contributed by atoms with Gasteiger partial charge in [-0.05, 0) is 25.0 Å². The van der Waals surface area contributed by atoms with Crippen LogP contribution in [0.5, 0.6) is 0 Å². The number of rotatable bonds is 1. The van der Waals surface area contributed by atoms with E-state index in [2.05, 4.69) is 5.10 Å². The fourth-order valence-electron chi connectivity index (χ4n) is 1.83. The van der Waals surface area contributed by atoms with E-state index in [-0.39, 0.29) is 5.69 Å². The van der Waals surface area contributed by atoms with Crippen molar-refractivity contribution in [2.75, 3.05) is 0 Å². The van der Waals surface area contributed by atoms with E-state index in [1.54, 1.807) is 0 Å². The highest BCUT2D eigenvalue weighted by molar-refractivity contribution is 5.46. The topological polar surface area (TPSA) is 59.8 Å². The second-order valence-electron chi connectivity index (χ2n) is 3.83. The molecule has 5 nitrogen and oxygen atoms in total. The Morgan fingerprint density at radius 2 is 1.69 bits per heavy atom. The van der Waals surface area contributed by atoms with E-state index < -0.39 is 5.69 Å². The van der Waals surface area contributed by atoms with Gasteiger partial charge in [-0.1, -0.05) is 18.2 Å². The highest BCUT2D eigenvalue weighted by atomic mass is 16.2. The van der Waals surface area contributed by atoms with Crippen LogP contribution in [0.4, 0.5) is 0 Å². The minimum atomic E-state index is -0.412. The first kappa shape index (κ1) is 10.5. The molecule has 0 bridgehead atoms. The summed E-state index contributed by atoms with van der Waals surface area (Å²) in [6.07, 6.45) is 0. The molecule has 0 aliphatic heterocycles. The van der Waals surface area contributed by atoms with Crippen molar-refractivity contribution in [2.45, 2.75) is 13.8 Å². The van der Waals surface area contributed by atoms with Crippen LogP contribution in [0.3, 0.4) is 0 Å². The zero-order valence-electron chi connectivity index (χ0n) is 9.44. The monoisotopic (exact) mass is 219 g/mol. The van der Waals surface area contributed by atoms with Crippen molar-refractivity contribution < 1.29 is 0 Å². The predicted octanol–water partition coefficient (Wildman–Crippen LogP) is 0.481. The van der Waals surface area contributed by atoms with Crippen LogP contribution in [0.2, 0.25) is 0 Å². The third-order valence-corrected chi connectivity index (χ3v) is 2.61. The number of nitrogens with zero attached hydrogens (tertiary/aromatic N) is 2. The smallest absolute Gasteiger partial charge is 0.246 e. The number of aromatic amines is 1. The van der Waals surface area contributed by atoms with Crippen LogP contribution in [0.1, 0.15) is 11.1 Å². The van der Waals surface area contributed by atoms with Gasteiger partial charge in [0.15, 0.2) is 0 Å². The Bertz CT molecular complexity index is 626. The van der Waals surface area contributed by atoms with Gasteiger partial charge in [0, 0.05) is 7.05 Å². The minimum Gasteiger partial charge on any atom is -0.246 e. The van der Waals surface area contributed by atoms with Crippen LogP contribution in [0.15, 0.2) is 27.8 Å². The Morgan fingerprint density at radius 3 is 2.12 bits per heavy atom. The van der Waals surface area contributed by atoms with Gasteiger partial charge in [0.05, 0.1) is 5.69 Å². The van der Waals surface area contributed by atoms with Gasteiger partial charge in [0.1, 0.15) is 0 Å². The maximum atomic E-state index is 11.8. The van der Waals surface area contributed by atoms with Gasteiger partial charge in [-0.2, -0.15) is 0 Å². The van der Waals surface area contributed by atoms with Crippen LogP contribution in [-0.4, -0.2) is 14.3 Å². The Balaban J connectivity index is 2.88. The van der Waals surface area contributed by atoms with Crippen molar-refractivity contribution in [3.8, 4) is 5.69 Å². The molecule has 1 heterocycles. The van der Waals surface area contributed by atoms with Crippen LogP contribution in [-0.2, 0) is 7.05 Å². The summed E-state index contributed by atoms with van der Waals surface area (Å²) in [6.45, 7) is 3.75. The molecular formula is C11H13N3O2. The summed E-state index contributed by atoms with van der Waals surface area (Å²) in [4.78, 5) is 23.4. The molecule has 0 saturated carbocycles. The molecule has 0 aliphatic carbocycles. The molecule has 0 aliphatic rings. The van der Waals surface area contributed by atoms with Crippen LogP contribution in [0.25, 0.3) is 5.69 Å². The van der Waals surface area contributed by atoms with Gasteiger partial charge < -0.3 is 0 Å². The average Bonchev–Trinajstić information content (AvgIpc) is 2.44. The Labute approximate surface area is 91.9 Å². The molecular weight excluding hydrogens is 206 g/mol. The SMILES string of the molecule is Cc1cccc(C)c1-n1c(=O)[nH]n(C)c1=O. The molecule has 1 aromatic heterocycles. The van der Waals surface area contributed by atoms with E-state index in [1.165, 1.54) is 11.7 Å². The Kier molecular flexibility index (Phi) is 2.30. The average molecular weight is 219 g/mol. The molecule has 5 heteroatoms. The molecule has 0 saturated heterocycles. The summed E-state index contributed by atoms with van der Waals surface area (Å²) >= 11 is 0. The van der Waals surface area contributed by atoms with Gasteiger partial charge in [0.25, 0.3) is 0 Å². The molecule has 0 unspecified atom stereocenters. The molecule has 2 aromatic rings.